The minimum absolute atomic E-state index is 0.269. The number of thiazole rings is 1. The summed E-state index contributed by atoms with van der Waals surface area (Å²) in [6.07, 6.45) is 0. The van der Waals surface area contributed by atoms with Crippen molar-refractivity contribution in [2.24, 2.45) is 0 Å². The summed E-state index contributed by atoms with van der Waals surface area (Å²) < 4.78 is 5.25. The number of hydrogen-bond donors (Lipinski definition) is 2. The van der Waals surface area contributed by atoms with Gasteiger partial charge in [-0.25, -0.2) is 4.98 Å². The first-order valence-corrected chi connectivity index (χ1v) is 10.9. The van der Waals surface area contributed by atoms with E-state index in [2.05, 4.69) is 15.6 Å². The van der Waals surface area contributed by atoms with Gasteiger partial charge >= 0.3 is 0 Å². The molecule has 31 heavy (non-hydrogen) atoms. The van der Waals surface area contributed by atoms with Gasteiger partial charge in [-0.2, -0.15) is 0 Å². The second-order valence-corrected chi connectivity index (χ2v) is 8.23. The number of benzene rings is 3. The highest BCUT2D eigenvalue weighted by atomic mass is 35.5. The number of amides is 1. The fraction of sp³-hybridized carbons (Fsp3) is 0.0435. The standard InChI is InChI=1S/C23H17Cl2N3O2S/c1-30-18-7-3-6-17(12-18)27-23-28-21(13-31-23)14-4-2-5-16(10-14)26-22(29)15-8-9-19(24)20(25)11-15/h2-13H,1H3,(H,26,29)(H,27,28). The van der Waals surface area contributed by atoms with Gasteiger partial charge in [-0.05, 0) is 42.5 Å². The zero-order valence-electron chi connectivity index (χ0n) is 16.4. The highest BCUT2D eigenvalue weighted by Crippen LogP contribution is 2.30. The molecule has 5 nitrogen and oxygen atoms in total. The van der Waals surface area contributed by atoms with Gasteiger partial charge in [0, 0.05) is 33.9 Å². The predicted octanol–water partition coefficient (Wildman–Crippen LogP) is 7.12. The third-order valence-electron chi connectivity index (χ3n) is 4.42. The average Bonchev–Trinajstić information content (AvgIpc) is 3.24. The van der Waals surface area contributed by atoms with Gasteiger partial charge in [0.05, 0.1) is 22.8 Å². The molecule has 156 valence electrons. The van der Waals surface area contributed by atoms with Crippen LogP contribution in [0.1, 0.15) is 10.4 Å². The Balaban J connectivity index is 1.49. The Bertz CT molecular complexity index is 1240. The minimum Gasteiger partial charge on any atom is -0.497 e. The van der Waals surface area contributed by atoms with E-state index in [-0.39, 0.29) is 5.91 Å². The van der Waals surface area contributed by atoms with Crippen LogP contribution in [0.5, 0.6) is 5.75 Å². The van der Waals surface area contributed by atoms with Crippen LogP contribution >= 0.6 is 34.5 Å². The van der Waals surface area contributed by atoms with E-state index in [0.29, 0.717) is 21.3 Å². The smallest absolute Gasteiger partial charge is 0.255 e. The highest BCUT2D eigenvalue weighted by molar-refractivity contribution is 7.14. The van der Waals surface area contributed by atoms with Gasteiger partial charge in [-0.1, -0.05) is 41.4 Å². The molecule has 1 heterocycles. The molecule has 8 heteroatoms. The van der Waals surface area contributed by atoms with Crippen LogP contribution in [-0.4, -0.2) is 18.0 Å². The maximum Gasteiger partial charge on any atom is 0.255 e. The molecule has 4 rings (SSSR count). The molecule has 0 aliphatic carbocycles. The van der Waals surface area contributed by atoms with Crippen LogP contribution in [0.3, 0.4) is 0 Å². The molecule has 2 N–H and O–H groups in total. The van der Waals surface area contributed by atoms with Crippen molar-refractivity contribution < 1.29 is 9.53 Å². The van der Waals surface area contributed by atoms with Crippen molar-refractivity contribution in [1.29, 1.82) is 0 Å². The summed E-state index contributed by atoms with van der Waals surface area (Å²) in [6.45, 7) is 0. The van der Waals surface area contributed by atoms with E-state index < -0.39 is 0 Å². The van der Waals surface area contributed by atoms with Crippen LogP contribution in [0.4, 0.5) is 16.5 Å². The lowest BCUT2D eigenvalue weighted by Crippen LogP contribution is -2.11. The minimum atomic E-state index is -0.269. The van der Waals surface area contributed by atoms with Crippen LogP contribution in [0.15, 0.2) is 72.1 Å². The number of nitrogens with zero attached hydrogens (tertiary/aromatic N) is 1. The van der Waals surface area contributed by atoms with E-state index in [1.807, 2.05) is 53.9 Å². The molecule has 0 unspecified atom stereocenters. The van der Waals surface area contributed by atoms with Crippen LogP contribution in [0, 0.1) is 0 Å². The van der Waals surface area contributed by atoms with E-state index in [1.54, 1.807) is 25.3 Å². The Hall–Kier alpha value is -3.06. The highest BCUT2D eigenvalue weighted by Gasteiger charge is 2.10. The summed E-state index contributed by atoms with van der Waals surface area (Å²) in [4.78, 5) is 17.2. The van der Waals surface area contributed by atoms with Crippen molar-refractivity contribution in [3.63, 3.8) is 0 Å². The summed E-state index contributed by atoms with van der Waals surface area (Å²) >= 11 is 13.4. The monoisotopic (exact) mass is 469 g/mol. The third-order valence-corrected chi connectivity index (χ3v) is 5.92. The zero-order chi connectivity index (χ0) is 21.8. The predicted molar refractivity (Wildman–Crippen MR) is 128 cm³/mol. The summed E-state index contributed by atoms with van der Waals surface area (Å²) in [7, 11) is 1.63. The number of methoxy groups -OCH3 is 1. The summed E-state index contributed by atoms with van der Waals surface area (Å²) in [5, 5.41) is 9.62. The fourth-order valence-corrected chi connectivity index (χ4v) is 3.92. The molecule has 0 aliphatic rings. The zero-order valence-corrected chi connectivity index (χ0v) is 18.7. The fourth-order valence-electron chi connectivity index (χ4n) is 2.88. The van der Waals surface area contributed by atoms with Gasteiger partial charge in [0.25, 0.3) is 5.91 Å². The van der Waals surface area contributed by atoms with Gasteiger partial charge in [0.2, 0.25) is 0 Å². The molecule has 0 aliphatic heterocycles. The van der Waals surface area contributed by atoms with Gasteiger partial charge in [-0.3, -0.25) is 4.79 Å². The number of ether oxygens (including phenoxy) is 1. The van der Waals surface area contributed by atoms with E-state index in [1.165, 1.54) is 11.3 Å². The molecule has 0 saturated heterocycles. The Labute approximate surface area is 193 Å². The van der Waals surface area contributed by atoms with Crippen molar-refractivity contribution in [3.8, 4) is 17.0 Å². The Kier molecular flexibility index (Phi) is 6.42. The molecule has 0 bridgehead atoms. The van der Waals surface area contributed by atoms with Crippen molar-refractivity contribution >= 4 is 57.0 Å². The maximum atomic E-state index is 12.5. The lowest BCUT2D eigenvalue weighted by atomic mass is 10.1. The number of anilines is 3. The van der Waals surface area contributed by atoms with Crippen molar-refractivity contribution in [3.05, 3.63) is 87.7 Å². The third kappa shape index (κ3) is 5.17. The number of rotatable bonds is 6. The number of aromatic nitrogens is 1. The molecule has 1 aromatic heterocycles. The van der Waals surface area contributed by atoms with Crippen molar-refractivity contribution in [2.45, 2.75) is 0 Å². The largest absolute Gasteiger partial charge is 0.497 e. The molecule has 4 aromatic rings. The van der Waals surface area contributed by atoms with Gasteiger partial charge < -0.3 is 15.4 Å². The van der Waals surface area contributed by atoms with Crippen LogP contribution < -0.4 is 15.4 Å². The lowest BCUT2D eigenvalue weighted by molar-refractivity contribution is 0.102. The van der Waals surface area contributed by atoms with Crippen LogP contribution in [0.25, 0.3) is 11.3 Å². The topological polar surface area (TPSA) is 63.2 Å². The number of carbonyl (C=O) groups excluding carboxylic acids is 1. The lowest BCUT2D eigenvalue weighted by Gasteiger charge is -2.08. The Morgan fingerprint density at radius 2 is 1.77 bits per heavy atom. The first kappa shape index (κ1) is 21.2. The maximum absolute atomic E-state index is 12.5. The van der Waals surface area contributed by atoms with Crippen LogP contribution in [0.2, 0.25) is 10.0 Å². The molecular weight excluding hydrogens is 453 g/mol. The molecule has 0 fully saturated rings. The number of carbonyl (C=O) groups is 1. The van der Waals surface area contributed by atoms with E-state index in [0.717, 1.165) is 27.8 Å². The Morgan fingerprint density at radius 1 is 0.968 bits per heavy atom. The van der Waals surface area contributed by atoms with Gasteiger partial charge in [0.15, 0.2) is 5.13 Å². The summed E-state index contributed by atoms with van der Waals surface area (Å²) in [5.74, 6) is 0.501. The first-order chi connectivity index (χ1) is 15.0. The second-order valence-electron chi connectivity index (χ2n) is 6.56. The van der Waals surface area contributed by atoms with E-state index in [4.69, 9.17) is 27.9 Å². The molecule has 3 aromatic carbocycles. The molecule has 0 atom stereocenters. The second kappa shape index (κ2) is 9.39. The molecule has 0 radical (unpaired) electrons. The summed E-state index contributed by atoms with van der Waals surface area (Å²) in [6, 6.07) is 19.9. The Morgan fingerprint density at radius 3 is 2.58 bits per heavy atom. The number of halogens is 2. The quantitative estimate of drug-likeness (QED) is 0.315. The van der Waals surface area contributed by atoms with E-state index in [9.17, 15) is 4.79 Å². The van der Waals surface area contributed by atoms with Crippen LogP contribution in [-0.2, 0) is 0 Å². The molecular formula is C23H17Cl2N3O2S. The first-order valence-electron chi connectivity index (χ1n) is 9.25. The molecule has 0 saturated carbocycles. The van der Waals surface area contributed by atoms with Gasteiger partial charge in [0.1, 0.15) is 5.75 Å². The SMILES string of the molecule is COc1cccc(Nc2nc(-c3cccc(NC(=O)c4ccc(Cl)c(Cl)c4)c3)cs2)c1. The van der Waals surface area contributed by atoms with Crippen molar-refractivity contribution in [1.82, 2.24) is 4.98 Å². The van der Waals surface area contributed by atoms with Crippen molar-refractivity contribution in [2.75, 3.05) is 17.7 Å². The molecule has 0 spiro atoms. The van der Waals surface area contributed by atoms with E-state index >= 15 is 0 Å². The summed E-state index contributed by atoms with van der Waals surface area (Å²) in [5.41, 5.74) is 3.67. The number of nitrogens with one attached hydrogen (secondary N) is 2. The van der Waals surface area contributed by atoms with Gasteiger partial charge in [-0.15, -0.1) is 11.3 Å². The normalized spacial score (nSPS) is 10.5. The average molecular weight is 470 g/mol. The number of hydrogen-bond acceptors (Lipinski definition) is 5. The molecule has 1 amide bonds.